The Morgan fingerprint density at radius 2 is 1.93 bits per heavy atom. The van der Waals surface area contributed by atoms with Gasteiger partial charge in [-0.25, -0.2) is 4.98 Å². The fourth-order valence-corrected chi connectivity index (χ4v) is 3.46. The number of fused-ring (bicyclic) bond motifs is 1. The Balaban J connectivity index is 1.89. The van der Waals surface area contributed by atoms with Gasteiger partial charge in [0.2, 0.25) is 0 Å². The summed E-state index contributed by atoms with van der Waals surface area (Å²) in [4.78, 5) is 4.86. The van der Waals surface area contributed by atoms with Gasteiger partial charge in [-0.05, 0) is 24.1 Å². The highest BCUT2D eigenvalue weighted by Crippen LogP contribution is 2.30. The van der Waals surface area contributed by atoms with Crippen molar-refractivity contribution in [3.63, 3.8) is 0 Å². The minimum absolute atomic E-state index is 0.346. The van der Waals surface area contributed by atoms with Crippen molar-refractivity contribution in [3.8, 4) is 17.0 Å². The third-order valence-corrected chi connectivity index (χ3v) is 5.00. The lowest BCUT2D eigenvalue weighted by Gasteiger charge is -2.11. The van der Waals surface area contributed by atoms with Crippen molar-refractivity contribution in [1.82, 2.24) is 29.5 Å². The molecule has 4 rings (SSSR count). The van der Waals surface area contributed by atoms with E-state index in [2.05, 4.69) is 38.9 Å². The Morgan fingerprint density at radius 3 is 2.59 bits per heavy atom. The molecule has 8 heteroatoms. The molecule has 0 amide bonds. The molecule has 0 spiro atoms. The fraction of sp³-hybridized carbons (Fsp3) is 0.333. The summed E-state index contributed by atoms with van der Waals surface area (Å²) >= 11 is 0. The van der Waals surface area contributed by atoms with Gasteiger partial charge < -0.3 is 15.0 Å². The number of hydrogen-bond donors (Lipinski definition) is 1. The number of anilines is 1. The van der Waals surface area contributed by atoms with Crippen LogP contribution in [0, 0.1) is 0 Å². The summed E-state index contributed by atoms with van der Waals surface area (Å²) < 4.78 is 9.24. The molecular formula is C21H25N7O. The lowest BCUT2D eigenvalue weighted by Crippen LogP contribution is -2.07. The van der Waals surface area contributed by atoms with Crippen LogP contribution < -0.4 is 10.5 Å². The summed E-state index contributed by atoms with van der Waals surface area (Å²) in [5, 5.41) is 12.8. The van der Waals surface area contributed by atoms with Gasteiger partial charge in [-0.1, -0.05) is 25.5 Å². The number of ether oxygens (including phenoxy) is 1. The molecule has 0 aliphatic carbocycles. The molecule has 0 fully saturated rings. The summed E-state index contributed by atoms with van der Waals surface area (Å²) in [6.07, 6.45) is 6.72. The van der Waals surface area contributed by atoms with Crippen molar-refractivity contribution in [3.05, 3.63) is 48.0 Å². The van der Waals surface area contributed by atoms with Crippen LogP contribution in [0.5, 0.6) is 5.75 Å². The average Bonchev–Trinajstić information content (AvgIpc) is 3.32. The molecule has 0 saturated carbocycles. The predicted molar refractivity (Wildman–Crippen MR) is 113 cm³/mol. The van der Waals surface area contributed by atoms with E-state index >= 15 is 0 Å². The van der Waals surface area contributed by atoms with Crippen LogP contribution in [0.1, 0.15) is 31.2 Å². The Morgan fingerprint density at radius 1 is 1.14 bits per heavy atom. The molecule has 4 aromatic rings. The molecule has 0 radical (unpaired) electrons. The van der Waals surface area contributed by atoms with Crippen molar-refractivity contribution < 1.29 is 4.74 Å². The number of nitrogens with two attached hydrogens (primary N) is 1. The van der Waals surface area contributed by atoms with Gasteiger partial charge in [-0.3, -0.25) is 4.68 Å². The van der Waals surface area contributed by atoms with Crippen LogP contribution in [0.15, 0.2) is 36.7 Å². The largest absolute Gasteiger partial charge is 0.497 e. The van der Waals surface area contributed by atoms with Crippen LogP contribution >= 0.6 is 0 Å². The fourth-order valence-electron chi connectivity index (χ4n) is 3.46. The van der Waals surface area contributed by atoms with Crippen LogP contribution in [0.25, 0.3) is 22.3 Å². The van der Waals surface area contributed by atoms with Gasteiger partial charge in [0.1, 0.15) is 28.3 Å². The highest BCUT2D eigenvalue weighted by atomic mass is 16.5. The van der Waals surface area contributed by atoms with Crippen molar-refractivity contribution in [2.45, 2.75) is 32.7 Å². The average molecular weight is 391 g/mol. The standard InChI is InChI=1S/C21H25N7O/c1-4-5-6-17-24-19-20(28(17)12-14-7-9-16(29-3)10-8-14)18(25-26-21(19)22)15-11-23-27(2)13-15/h7-11,13H,4-6,12H2,1-3H3,(H2,22,26). The summed E-state index contributed by atoms with van der Waals surface area (Å²) in [5.74, 6) is 2.17. The quantitative estimate of drug-likeness (QED) is 0.520. The minimum Gasteiger partial charge on any atom is -0.497 e. The number of benzene rings is 1. The zero-order chi connectivity index (χ0) is 20.4. The maximum absolute atomic E-state index is 6.16. The van der Waals surface area contributed by atoms with Gasteiger partial charge in [0.15, 0.2) is 5.82 Å². The first-order valence-electron chi connectivity index (χ1n) is 9.74. The maximum Gasteiger partial charge on any atom is 0.174 e. The highest BCUT2D eigenvalue weighted by molar-refractivity contribution is 5.95. The normalized spacial score (nSPS) is 11.3. The number of unbranched alkanes of at least 4 members (excludes halogenated alkanes) is 1. The van der Waals surface area contributed by atoms with Crippen LogP contribution in [-0.4, -0.2) is 36.6 Å². The van der Waals surface area contributed by atoms with E-state index in [1.165, 1.54) is 0 Å². The zero-order valence-corrected chi connectivity index (χ0v) is 17.0. The SMILES string of the molecule is CCCCc1nc2c(N)nnc(-c3cnn(C)c3)c2n1Cc1ccc(OC)cc1. The van der Waals surface area contributed by atoms with E-state index in [9.17, 15) is 0 Å². The van der Waals surface area contributed by atoms with Gasteiger partial charge in [0.25, 0.3) is 0 Å². The van der Waals surface area contributed by atoms with Crippen LogP contribution in [-0.2, 0) is 20.0 Å². The number of imidazole rings is 1. The molecule has 2 N–H and O–H groups in total. The Bertz CT molecular complexity index is 1130. The Hall–Kier alpha value is -3.42. The number of nitrogens with zero attached hydrogens (tertiary/aromatic N) is 6. The minimum atomic E-state index is 0.346. The molecule has 0 atom stereocenters. The topological polar surface area (TPSA) is 96.7 Å². The third-order valence-electron chi connectivity index (χ3n) is 5.00. The first-order valence-corrected chi connectivity index (χ1v) is 9.74. The summed E-state index contributed by atoms with van der Waals surface area (Å²) in [7, 11) is 3.55. The first-order chi connectivity index (χ1) is 14.1. The van der Waals surface area contributed by atoms with E-state index in [0.717, 1.165) is 53.2 Å². The molecular weight excluding hydrogens is 366 g/mol. The monoisotopic (exact) mass is 391 g/mol. The van der Waals surface area contributed by atoms with Gasteiger partial charge in [0.05, 0.1) is 13.3 Å². The van der Waals surface area contributed by atoms with Crippen molar-refractivity contribution in [1.29, 1.82) is 0 Å². The summed E-state index contributed by atoms with van der Waals surface area (Å²) in [6.45, 7) is 2.84. The van der Waals surface area contributed by atoms with Crippen LogP contribution in [0.2, 0.25) is 0 Å². The number of rotatable bonds is 7. The number of methoxy groups -OCH3 is 1. The lowest BCUT2D eigenvalue weighted by molar-refractivity contribution is 0.414. The summed E-state index contributed by atoms with van der Waals surface area (Å²) in [6, 6.07) is 8.07. The first kappa shape index (κ1) is 18.9. The van der Waals surface area contributed by atoms with E-state index in [1.54, 1.807) is 18.0 Å². The van der Waals surface area contributed by atoms with E-state index in [-0.39, 0.29) is 0 Å². The molecule has 0 aliphatic rings. The molecule has 0 aliphatic heterocycles. The Labute approximate surface area is 169 Å². The zero-order valence-electron chi connectivity index (χ0n) is 17.0. The van der Waals surface area contributed by atoms with Crippen molar-refractivity contribution >= 4 is 16.9 Å². The van der Waals surface area contributed by atoms with Gasteiger partial charge in [0, 0.05) is 31.8 Å². The molecule has 150 valence electrons. The van der Waals surface area contributed by atoms with E-state index < -0.39 is 0 Å². The maximum atomic E-state index is 6.16. The summed E-state index contributed by atoms with van der Waals surface area (Å²) in [5.41, 5.74) is 10.5. The molecule has 8 nitrogen and oxygen atoms in total. The van der Waals surface area contributed by atoms with Gasteiger partial charge >= 0.3 is 0 Å². The molecule has 1 aromatic carbocycles. The third kappa shape index (κ3) is 3.65. The molecule has 0 unspecified atom stereocenters. The second kappa shape index (κ2) is 7.90. The van der Waals surface area contributed by atoms with E-state index in [4.69, 9.17) is 15.5 Å². The molecule has 29 heavy (non-hydrogen) atoms. The van der Waals surface area contributed by atoms with E-state index in [1.807, 2.05) is 25.4 Å². The van der Waals surface area contributed by atoms with E-state index in [0.29, 0.717) is 17.9 Å². The molecule has 3 aromatic heterocycles. The number of aromatic nitrogens is 6. The van der Waals surface area contributed by atoms with Crippen LogP contribution in [0.4, 0.5) is 5.82 Å². The van der Waals surface area contributed by atoms with Gasteiger partial charge in [-0.2, -0.15) is 5.10 Å². The number of aryl methyl sites for hydroxylation is 2. The smallest absolute Gasteiger partial charge is 0.174 e. The predicted octanol–water partition coefficient (Wildman–Crippen LogP) is 3.21. The molecule has 3 heterocycles. The second-order valence-corrected chi connectivity index (χ2v) is 7.10. The second-order valence-electron chi connectivity index (χ2n) is 7.10. The number of nitrogen functional groups attached to an aromatic ring is 1. The van der Waals surface area contributed by atoms with Crippen molar-refractivity contribution in [2.75, 3.05) is 12.8 Å². The molecule has 0 saturated heterocycles. The van der Waals surface area contributed by atoms with Crippen LogP contribution in [0.3, 0.4) is 0 Å². The number of hydrogen-bond acceptors (Lipinski definition) is 6. The lowest BCUT2D eigenvalue weighted by atomic mass is 10.1. The highest BCUT2D eigenvalue weighted by Gasteiger charge is 2.20. The van der Waals surface area contributed by atoms with Crippen molar-refractivity contribution in [2.24, 2.45) is 7.05 Å². The molecule has 0 bridgehead atoms. The van der Waals surface area contributed by atoms with Gasteiger partial charge in [-0.15, -0.1) is 10.2 Å². The Kier molecular flexibility index (Phi) is 5.16.